The summed E-state index contributed by atoms with van der Waals surface area (Å²) >= 11 is 8.14. The molecule has 4 rings (SSSR count). The van der Waals surface area contributed by atoms with E-state index in [9.17, 15) is 14.4 Å². The van der Waals surface area contributed by atoms with Crippen LogP contribution in [0.15, 0.2) is 46.4 Å². The first-order valence-corrected chi connectivity index (χ1v) is 11.6. The Morgan fingerprint density at radius 3 is 2.79 bits per heavy atom. The minimum Gasteiger partial charge on any atom is -0.341 e. The first-order chi connectivity index (χ1) is 13.6. The molecule has 2 aromatic rings. The summed E-state index contributed by atoms with van der Waals surface area (Å²) in [6.45, 7) is 0. The van der Waals surface area contributed by atoms with Crippen LogP contribution >= 0.6 is 47.5 Å². The standard InChI is InChI=1S/C17H14N4O3S4/c22-11(7-26-9-4-2-1-3-5-9)19-12-15(23)21-13(17(24)25)10(6-27-16(12)21)14-20-18-8-28-14/h1-5,8,12,16H,6-7H2,(H,19,22)(H,24,25)/t12-,16-/m1/s1. The van der Waals surface area contributed by atoms with Crippen molar-refractivity contribution in [2.24, 2.45) is 0 Å². The SMILES string of the molecule is O=C(CSc1ccccc1)N[C@@H]1C(=O)N2C(C(=O)S)=C(c3nncs3)CS[C@H]12. The maximum atomic E-state index is 12.7. The fraction of sp³-hybridized carbons (Fsp3) is 0.235. The molecule has 1 fully saturated rings. The summed E-state index contributed by atoms with van der Waals surface area (Å²) in [5, 5.41) is 10.4. The van der Waals surface area contributed by atoms with Crippen LogP contribution < -0.4 is 5.32 Å². The van der Waals surface area contributed by atoms with Gasteiger partial charge in [-0.2, -0.15) is 0 Å². The largest absolute Gasteiger partial charge is 0.341 e. The van der Waals surface area contributed by atoms with E-state index >= 15 is 0 Å². The third-order valence-electron chi connectivity index (χ3n) is 4.22. The van der Waals surface area contributed by atoms with E-state index in [0.717, 1.165) is 4.90 Å². The summed E-state index contributed by atoms with van der Waals surface area (Å²) in [7, 11) is 0. The van der Waals surface area contributed by atoms with Crippen LogP contribution in [0.25, 0.3) is 5.57 Å². The molecule has 2 atom stereocenters. The number of β-lactam (4-membered cyclic amide) rings is 1. The van der Waals surface area contributed by atoms with Crippen molar-refractivity contribution in [2.75, 3.05) is 11.5 Å². The van der Waals surface area contributed by atoms with Gasteiger partial charge in [-0.05, 0) is 12.1 Å². The Morgan fingerprint density at radius 1 is 1.32 bits per heavy atom. The number of amides is 2. The number of fused-ring (bicyclic) bond motifs is 1. The molecule has 11 heteroatoms. The summed E-state index contributed by atoms with van der Waals surface area (Å²) in [6.07, 6.45) is 0. The van der Waals surface area contributed by atoms with Crippen LogP contribution in [-0.2, 0) is 14.4 Å². The number of carbonyl (C=O) groups excluding carboxylic acids is 3. The smallest absolute Gasteiger partial charge is 0.253 e. The molecule has 2 aliphatic rings. The minimum absolute atomic E-state index is 0.217. The lowest BCUT2D eigenvalue weighted by atomic mass is 10.0. The Kier molecular flexibility index (Phi) is 5.76. The van der Waals surface area contributed by atoms with Gasteiger partial charge in [0.15, 0.2) is 0 Å². The molecule has 0 radical (unpaired) electrons. The Balaban J connectivity index is 1.44. The van der Waals surface area contributed by atoms with Crippen molar-refractivity contribution in [3.8, 4) is 0 Å². The monoisotopic (exact) mass is 450 g/mol. The molecule has 2 aliphatic heterocycles. The van der Waals surface area contributed by atoms with Crippen molar-refractivity contribution in [3.63, 3.8) is 0 Å². The fourth-order valence-corrected chi connectivity index (χ4v) is 5.98. The summed E-state index contributed by atoms with van der Waals surface area (Å²) in [5.41, 5.74) is 2.46. The van der Waals surface area contributed by atoms with E-state index in [4.69, 9.17) is 0 Å². The van der Waals surface area contributed by atoms with Crippen LogP contribution in [0.3, 0.4) is 0 Å². The summed E-state index contributed by atoms with van der Waals surface area (Å²) in [4.78, 5) is 39.5. The van der Waals surface area contributed by atoms with E-state index < -0.39 is 11.2 Å². The van der Waals surface area contributed by atoms with Crippen molar-refractivity contribution >= 4 is 70.0 Å². The Hall–Kier alpha value is -1.82. The van der Waals surface area contributed by atoms with Gasteiger partial charge in [0.05, 0.1) is 5.75 Å². The van der Waals surface area contributed by atoms with Gasteiger partial charge in [-0.1, -0.05) is 30.8 Å². The predicted octanol–water partition coefficient (Wildman–Crippen LogP) is 1.90. The van der Waals surface area contributed by atoms with Crippen molar-refractivity contribution in [1.29, 1.82) is 0 Å². The van der Waals surface area contributed by atoms with Gasteiger partial charge in [-0.3, -0.25) is 19.3 Å². The quantitative estimate of drug-likeness (QED) is 0.394. The molecule has 1 saturated heterocycles. The zero-order valence-corrected chi connectivity index (χ0v) is 17.6. The number of rotatable bonds is 6. The normalized spacial score (nSPS) is 21.2. The number of thioether (sulfide) groups is 2. The minimum atomic E-state index is -0.646. The molecule has 0 saturated carbocycles. The second-order valence-electron chi connectivity index (χ2n) is 5.93. The van der Waals surface area contributed by atoms with Crippen LogP contribution in [0.2, 0.25) is 0 Å². The third kappa shape index (κ3) is 3.71. The highest BCUT2D eigenvalue weighted by Crippen LogP contribution is 2.44. The molecular weight excluding hydrogens is 436 g/mol. The fourth-order valence-electron chi connectivity index (χ4n) is 2.97. The van der Waals surface area contributed by atoms with Crippen molar-refractivity contribution in [3.05, 3.63) is 46.5 Å². The van der Waals surface area contributed by atoms with E-state index in [0.29, 0.717) is 16.3 Å². The molecule has 0 unspecified atom stereocenters. The lowest BCUT2D eigenvalue weighted by molar-refractivity contribution is -0.146. The van der Waals surface area contributed by atoms with Crippen molar-refractivity contribution in [2.45, 2.75) is 16.3 Å². The Labute approximate surface area is 178 Å². The summed E-state index contributed by atoms with van der Waals surface area (Å²) in [5.74, 6) is 0.186. The number of carbonyl (C=O) groups is 3. The molecular formula is C17H14N4O3S4. The molecule has 28 heavy (non-hydrogen) atoms. The zero-order valence-electron chi connectivity index (χ0n) is 14.3. The second-order valence-corrected chi connectivity index (χ2v) is 9.33. The van der Waals surface area contributed by atoms with E-state index in [1.54, 1.807) is 5.51 Å². The number of nitrogens with zero attached hydrogens (tertiary/aromatic N) is 3. The summed E-state index contributed by atoms with van der Waals surface area (Å²) < 4.78 is 0. The molecule has 0 bridgehead atoms. The number of thiol groups is 1. The van der Waals surface area contributed by atoms with E-state index in [-0.39, 0.29) is 28.6 Å². The predicted molar refractivity (Wildman–Crippen MR) is 113 cm³/mol. The van der Waals surface area contributed by atoms with Crippen LogP contribution in [0.5, 0.6) is 0 Å². The molecule has 0 aliphatic carbocycles. The maximum absolute atomic E-state index is 12.7. The number of hydrogen-bond acceptors (Lipinski definition) is 8. The van der Waals surface area contributed by atoms with Gasteiger partial charge >= 0.3 is 0 Å². The van der Waals surface area contributed by atoms with Crippen LogP contribution in [-0.4, -0.2) is 54.9 Å². The molecule has 1 aromatic carbocycles. The molecule has 144 valence electrons. The lowest BCUT2D eigenvalue weighted by Gasteiger charge is -2.49. The van der Waals surface area contributed by atoms with Crippen molar-refractivity contribution < 1.29 is 14.4 Å². The van der Waals surface area contributed by atoms with E-state index in [2.05, 4.69) is 28.1 Å². The lowest BCUT2D eigenvalue weighted by Crippen LogP contribution is -2.70. The van der Waals surface area contributed by atoms with Crippen LogP contribution in [0, 0.1) is 0 Å². The Morgan fingerprint density at radius 2 is 2.11 bits per heavy atom. The average Bonchev–Trinajstić information content (AvgIpc) is 3.24. The highest BCUT2D eigenvalue weighted by molar-refractivity contribution is 8.00. The topological polar surface area (TPSA) is 92.3 Å². The van der Waals surface area contributed by atoms with Gasteiger partial charge in [0.2, 0.25) is 11.0 Å². The average molecular weight is 451 g/mol. The number of hydrogen-bond donors (Lipinski definition) is 2. The van der Waals surface area contributed by atoms with Gasteiger partial charge in [-0.25, -0.2) is 0 Å². The zero-order chi connectivity index (χ0) is 19.7. The third-order valence-corrected chi connectivity index (χ3v) is 7.47. The molecule has 1 aromatic heterocycles. The first kappa shape index (κ1) is 19.5. The maximum Gasteiger partial charge on any atom is 0.253 e. The van der Waals surface area contributed by atoms with Crippen LogP contribution in [0.1, 0.15) is 5.01 Å². The molecule has 1 N–H and O–H groups in total. The number of nitrogens with one attached hydrogen (secondary N) is 1. The van der Waals surface area contributed by atoms with Crippen LogP contribution in [0.4, 0.5) is 0 Å². The highest BCUT2D eigenvalue weighted by atomic mass is 32.2. The second kappa shape index (κ2) is 8.27. The van der Waals surface area contributed by atoms with Gasteiger partial charge < -0.3 is 5.32 Å². The number of benzene rings is 1. The first-order valence-electron chi connectivity index (χ1n) is 8.21. The van der Waals surface area contributed by atoms with Crippen molar-refractivity contribution in [1.82, 2.24) is 20.4 Å². The number of aromatic nitrogens is 2. The summed E-state index contributed by atoms with van der Waals surface area (Å²) in [6, 6.07) is 8.93. The van der Waals surface area contributed by atoms with Gasteiger partial charge in [0.1, 0.15) is 27.6 Å². The molecule has 7 nitrogen and oxygen atoms in total. The van der Waals surface area contributed by atoms with E-state index in [1.165, 1.54) is 39.8 Å². The Bertz CT molecular complexity index is 949. The van der Waals surface area contributed by atoms with Gasteiger partial charge in [-0.15, -0.1) is 45.1 Å². The highest BCUT2D eigenvalue weighted by Gasteiger charge is 2.54. The molecule has 0 spiro atoms. The molecule has 3 heterocycles. The van der Waals surface area contributed by atoms with Gasteiger partial charge in [0.25, 0.3) is 5.91 Å². The molecule has 2 amide bonds. The van der Waals surface area contributed by atoms with Gasteiger partial charge in [0, 0.05) is 16.2 Å². The van der Waals surface area contributed by atoms with E-state index in [1.807, 2.05) is 30.3 Å².